The van der Waals surface area contributed by atoms with Crippen molar-refractivity contribution in [2.24, 2.45) is 0 Å². The molecule has 1 amide bonds. The summed E-state index contributed by atoms with van der Waals surface area (Å²) in [5.41, 5.74) is 0.550. The van der Waals surface area contributed by atoms with E-state index in [0.717, 1.165) is 25.0 Å². The van der Waals surface area contributed by atoms with E-state index in [2.05, 4.69) is 10.0 Å². The van der Waals surface area contributed by atoms with Crippen molar-refractivity contribution in [1.29, 1.82) is 0 Å². The Balaban J connectivity index is 1.81. The smallest absolute Gasteiger partial charge is 0.265 e. The van der Waals surface area contributed by atoms with Gasteiger partial charge < -0.3 is 10.1 Å². The molecule has 2 aromatic rings. The number of hydrogen-bond acceptors (Lipinski definition) is 4. The van der Waals surface area contributed by atoms with Gasteiger partial charge in [-0.1, -0.05) is 13.3 Å². The zero-order valence-electron chi connectivity index (χ0n) is 14.2. The summed E-state index contributed by atoms with van der Waals surface area (Å²) >= 11 is 0. The molecule has 1 aliphatic heterocycles. The highest BCUT2D eigenvalue weighted by molar-refractivity contribution is 7.92. The fraction of sp³-hybridized carbons (Fsp3) is 0.278. The normalized spacial score (nSPS) is 16.4. The Bertz CT molecular complexity index is 913. The van der Waals surface area contributed by atoms with Gasteiger partial charge in [0, 0.05) is 5.69 Å². The lowest BCUT2D eigenvalue weighted by molar-refractivity contribution is -0.123. The van der Waals surface area contributed by atoms with Crippen molar-refractivity contribution in [2.75, 3.05) is 10.0 Å². The maximum atomic E-state index is 12.9. The number of nitrogens with one attached hydrogen (secondary N) is 2. The van der Waals surface area contributed by atoms with Gasteiger partial charge in [-0.25, -0.2) is 12.8 Å². The van der Waals surface area contributed by atoms with E-state index in [4.69, 9.17) is 4.74 Å². The first-order valence-electron chi connectivity index (χ1n) is 8.29. The molecule has 1 heterocycles. The molecule has 0 saturated carbocycles. The second kappa shape index (κ2) is 7.33. The molecule has 8 heteroatoms. The third-order valence-electron chi connectivity index (χ3n) is 4.00. The summed E-state index contributed by atoms with van der Waals surface area (Å²) in [5, 5.41) is 2.70. The van der Waals surface area contributed by atoms with Crippen molar-refractivity contribution in [3.63, 3.8) is 0 Å². The number of carbonyl (C=O) groups excluding carboxylic acids is 1. The van der Waals surface area contributed by atoms with Crippen LogP contribution in [0, 0.1) is 5.82 Å². The van der Waals surface area contributed by atoms with E-state index in [0.29, 0.717) is 17.9 Å². The van der Waals surface area contributed by atoms with Crippen LogP contribution >= 0.6 is 0 Å². The van der Waals surface area contributed by atoms with Gasteiger partial charge in [0.1, 0.15) is 11.6 Å². The zero-order chi connectivity index (χ0) is 18.7. The van der Waals surface area contributed by atoms with Gasteiger partial charge in [0.05, 0.1) is 10.6 Å². The summed E-state index contributed by atoms with van der Waals surface area (Å²) in [6.07, 6.45) is 1.85. The maximum Gasteiger partial charge on any atom is 0.265 e. The van der Waals surface area contributed by atoms with Crippen LogP contribution in [0.5, 0.6) is 5.75 Å². The molecule has 0 fully saturated rings. The number of halogens is 1. The first kappa shape index (κ1) is 18.2. The highest BCUT2D eigenvalue weighted by atomic mass is 32.2. The zero-order valence-corrected chi connectivity index (χ0v) is 15.0. The van der Waals surface area contributed by atoms with Gasteiger partial charge in [-0.15, -0.1) is 0 Å². The molecule has 2 N–H and O–H groups in total. The van der Waals surface area contributed by atoms with Gasteiger partial charge >= 0.3 is 0 Å². The van der Waals surface area contributed by atoms with Crippen LogP contribution in [-0.4, -0.2) is 20.4 Å². The standard InChI is InChI=1S/C18H19FN2O4S/c1-2-3-4-17-18(22)20-15-11-14(9-10-16(15)25-17)26(23,24)21-13-7-5-12(19)6-8-13/h5-11,17,21H,2-4H2,1H3,(H,20,22). The van der Waals surface area contributed by atoms with Crippen LogP contribution in [0.15, 0.2) is 47.4 Å². The quantitative estimate of drug-likeness (QED) is 0.806. The van der Waals surface area contributed by atoms with Crippen molar-refractivity contribution in [2.45, 2.75) is 37.2 Å². The van der Waals surface area contributed by atoms with Crippen molar-refractivity contribution >= 4 is 27.3 Å². The summed E-state index contributed by atoms with van der Waals surface area (Å²) < 4.78 is 46.0. The average Bonchev–Trinajstić information content (AvgIpc) is 2.61. The van der Waals surface area contributed by atoms with Crippen LogP contribution in [0.25, 0.3) is 0 Å². The third kappa shape index (κ3) is 3.96. The lowest BCUT2D eigenvalue weighted by Crippen LogP contribution is -2.37. The molecule has 0 saturated heterocycles. The Labute approximate surface area is 151 Å². The second-order valence-electron chi connectivity index (χ2n) is 6.01. The van der Waals surface area contributed by atoms with Gasteiger partial charge in [-0.05, 0) is 55.3 Å². The van der Waals surface area contributed by atoms with Gasteiger partial charge in [0.2, 0.25) is 0 Å². The minimum atomic E-state index is -3.88. The van der Waals surface area contributed by atoms with Gasteiger partial charge in [0.25, 0.3) is 15.9 Å². The van der Waals surface area contributed by atoms with Crippen LogP contribution in [-0.2, 0) is 14.8 Å². The molecular formula is C18H19FN2O4S. The van der Waals surface area contributed by atoms with E-state index >= 15 is 0 Å². The maximum absolute atomic E-state index is 12.9. The average molecular weight is 378 g/mol. The molecule has 0 radical (unpaired) electrons. The molecule has 1 unspecified atom stereocenters. The Morgan fingerprint density at radius 2 is 1.92 bits per heavy atom. The highest BCUT2D eigenvalue weighted by Gasteiger charge is 2.28. The molecule has 2 aromatic carbocycles. The number of benzene rings is 2. The Morgan fingerprint density at radius 3 is 2.62 bits per heavy atom. The monoisotopic (exact) mass is 378 g/mol. The lowest BCUT2D eigenvalue weighted by atomic mass is 10.1. The van der Waals surface area contributed by atoms with E-state index in [1.807, 2.05) is 6.92 Å². The molecule has 0 spiro atoms. The molecule has 1 atom stereocenters. The van der Waals surface area contributed by atoms with E-state index in [9.17, 15) is 17.6 Å². The molecule has 0 aromatic heterocycles. The number of anilines is 2. The van der Waals surface area contributed by atoms with Crippen molar-refractivity contribution in [3.8, 4) is 5.75 Å². The topological polar surface area (TPSA) is 84.5 Å². The third-order valence-corrected chi connectivity index (χ3v) is 5.38. The van der Waals surface area contributed by atoms with Gasteiger partial charge in [0.15, 0.2) is 6.10 Å². The molecule has 1 aliphatic rings. The van der Waals surface area contributed by atoms with E-state index in [1.165, 1.54) is 30.3 Å². The summed E-state index contributed by atoms with van der Waals surface area (Å²) in [7, 11) is -3.88. The number of amides is 1. The van der Waals surface area contributed by atoms with E-state index in [1.54, 1.807) is 0 Å². The number of rotatable bonds is 6. The van der Waals surface area contributed by atoms with Crippen LogP contribution in [0.3, 0.4) is 0 Å². The minimum Gasteiger partial charge on any atom is -0.478 e. The fourth-order valence-corrected chi connectivity index (χ4v) is 3.69. The van der Waals surface area contributed by atoms with Crippen LogP contribution in [0.1, 0.15) is 26.2 Å². The first-order chi connectivity index (χ1) is 12.4. The van der Waals surface area contributed by atoms with Crippen LogP contribution in [0.2, 0.25) is 0 Å². The summed E-state index contributed by atoms with van der Waals surface area (Å²) in [5.74, 6) is -0.308. The van der Waals surface area contributed by atoms with Crippen LogP contribution in [0.4, 0.5) is 15.8 Å². The molecule has 6 nitrogen and oxygen atoms in total. The van der Waals surface area contributed by atoms with Crippen molar-refractivity contribution in [3.05, 3.63) is 48.3 Å². The predicted molar refractivity (Wildman–Crippen MR) is 96.2 cm³/mol. The number of sulfonamides is 1. The van der Waals surface area contributed by atoms with Gasteiger partial charge in [-0.3, -0.25) is 9.52 Å². The Morgan fingerprint density at radius 1 is 1.19 bits per heavy atom. The Kier molecular flexibility index (Phi) is 5.13. The van der Waals surface area contributed by atoms with Gasteiger partial charge in [-0.2, -0.15) is 0 Å². The van der Waals surface area contributed by atoms with Crippen molar-refractivity contribution in [1.82, 2.24) is 0 Å². The fourth-order valence-electron chi connectivity index (χ4n) is 2.61. The summed E-state index contributed by atoms with van der Waals surface area (Å²) in [6.45, 7) is 2.03. The SMILES string of the molecule is CCCCC1Oc2ccc(S(=O)(=O)Nc3ccc(F)cc3)cc2NC1=O. The van der Waals surface area contributed by atoms with E-state index in [-0.39, 0.29) is 16.5 Å². The Hall–Kier alpha value is -2.61. The lowest BCUT2D eigenvalue weighted by Gasteiger charge is -2.26. The van der Waals surface area contributed by atoms with E-state index < -0.39 is 21.9 Å². The molecule has 3 rings (SSSR count). The molecule has 26 heavy (non-hydrogen) atoms. The second-order valence-corrected chi connectivity index (χ2v) is 7.69. The summed E-state index contributed by atoms with van der Waals surface area (Å²) in [4.78, 5) is 12.1. The predicted octanol–water partition coefficient (Wildman–Crippen LogP) is 3.52. The molecule has 0 aliphatic carbocycles. The first-order valence-corrected chi connectivity index (χ1v) is 9.77. The largest absolute Gasteiger partial charge is 0.478 e. The summed E-state index contributed by atoms with van der Waals surface area (Å²) in [6, 6.07) is 9.24. The molecule has 0 bridgehead atoms. The molecular weight excluding hydrogens is 359 g/mol. The van der Waals surface area contributed by atoms with Crippen molar-refractivity contribution < 1.29 is 22.3 Å². The van der Waals surface area contributed by atoms with Crippen LogP contribution < -0.4 is 14.8 Å². The number of carbonyl (C=O) groups is 1. The number of hydrogen-bond donors (Lipinski definition) is 2. The highest BCUT2D eigenvalue weighted by Crippen LogP contribution is 2.33. The number of ether oxygens (including phenoxy) is 1. The number of fused-ring (bicyclic) bond motifs is 1. The minimum absolute atomic E-state index is 0.0310. The molecule has 138 valence electrons. The number of unbranched alkanes of at least 4 members (excludes halogenated alkanes) is 1.